The minimum absolute atomic E-state index is 0.0304. The van der Waals surface area contributed by atoms with Gasteiger partial charge in [-0.05, 0) is 50.5 Å². The first-order chi connectivity index (χ1) is 17.8. The molecule has 37 heavy (non-hydrogen) atoms. The van der Waals surface area contributed by atoms with Gasteiger partial charge in [-0.3, -0.25) is 14.3 Å². The number of likely N-dealkylation sites (tertiary alicyclic amines) is 1. The van der Waals surface area contributed by atoms with Gasteiger partial charge in [0.1, 0.15) is 5.75 Å². The number of amides is 2. The summed E-state index contributed by atoms with van der Waals surface area (Å²) in [5.74, 6) is 0.637. The Kier molecular flexibility index (Phi) is 8.54. The predicted molar refractivity (Wildman–Crippen MR) is 145 cm³/mol. The summed E-state index contributed by atoms with van der Waals surface area (Å²) in [6.07, 6.45) is 3.68. The van der Waals surface area contributed by atoms with E-state index in [0.29, 0.717) is 49.1 Å². The maximum atomic E-state index is 13.5. The Hall–Kier alpha value is -3.32. The van der Waals surface area contributed by atoms with Crippen LogP contribution in [0.25, 0.3) is 0 Å². The molecule has 3 aromatic rings. The normalized spacial score (nSPS) is 17.5. The number of nitrogens with zero attached hydrogens (tertiary/aromatic N) is 4. The van der Waals surface area contributed by atoms with Crippen LogP contribution in [0, 0.1) is 12.3 Å². The molecule has 2 heterocycles. The molecule has 196 valence electrons. The molecule has 7 nitrogen and oxygen atoms in total. The Morgan fingerprint density at radius 2 is 1.95 bits per heavy atom. The SMILES string of the molecule is CCn1cc(C(=O)N2CCCC(COc3cccc(Cl)c3)(CC(=O)N(C)Cc3ccccc3)C2)c(C)n1. The van der Waals surface area contributed by atoms with E-state index in [9.17, 15) is 9.59 Å². The number of aromatic nitrogens is 2. The fraction of sp³-hybridized carbons (Fsp3) is 0.414. The molecule has 2 amide bonds. The van der Waals surface area contributed by atoms with Gasteiger partial charge in [-0.1, -0.05) is 48.0 Å². The van der Waals surface area contributed by atoms with Crippen molar-refractivity contribution in [3.05, 3.63) is 82.6 Å². The Bertz CT molecular complexity index is 1230. The first-order valence-electron chi connectivity index (χ1n) is 12.8. The van der Waals surface area contributed by atoms with E-state index in [-0.39, 0.29) is 18.2 Å². The first-order valence-corrected chi connectivity index (χ1v) is 13.2. The van der Waals surface area contributed by atoms with Crippen LogP contribution in [0.5, 0.6) is 5.75 Å². The molecule has 4 rings (SSSR count). The topological polar surface area (TPSA) is 67.7 Å². The number of hydrogen-bond acceptors (Lipinski definition) is 4. The molecule has 1 aliphatic heterocycles. The second-order valence-corrected chi connectivity index (χ2v) is 10.4. The smallest absolute Gasteiger partial charge is 0.257 e. The van der Waals surface area contributed by atoms with E-state index >= 15 is 0 Å². The van der Waals surface area contributed by atoms with E-state index in [1.807, 2.05) is 74.5 Å². The lowest BCUT2D eigenvalue weighted by atomic mass is 9.77. The fourth-order valence-electron chi connectivity index (χ4n) is 4.95. The van der Waals surface area contributed by atoms with Gasteiger partial charge in [0, 0.05) is 56.3 Å². The molecule has 1 aromatic heterocycles. The zero-order valence-electron chi connectivity index (χ0n) is 21.8. The minimum atomic E-state index is -0.521. The standard InChI is InChI=1S/C29H35ClN4O3/c1-4-34-19-26(22(2)31-34)28(36)33-15-9-14-29(20-33,21-37-25-13-8-12-24(30)16-25)17-27(35)32(3)18-23-10-6-5-7-11-23/h5-8,10-13,16,19H,4,9,14-15,17-18,20-21H2,1-3H3. The third kappa shape index (κ3) is 6.72. The number of ether oxygens (including phenoxy) is 1. The monoisotopic (exact) mass is 522 g/mol. The summed E-state index contributed by atoms with van der Waals surface area (Å²) < 4.78 is 7.98. The molecular weight excluding hydrogens is 488 g/mol. The van der Waals surface area contributed by atoms with Crippen molar-refractivity contribution in [3.8, 4) is 5.75 Å². The molecule has 2 aromatic carbocycles. The van der Waals surface area contributed by atoms with Gasteiger partial charge in [0.25, 0.3) is 5.91 Å². The molecule has 0 N–H and O–H groups in total. The largest absolute Gasteiger partial charge is 0.493 e. The Morgan fingerprint density at radius 1 is 1.16 bits per heavy atom. The van der Waals surface area contributed by atoms with E-state index in [2.05, 4.69) is 5.10 Å². The molecule has 0 spiro atoms. The van der Waals surface area contributed by atoms with Crippen LogP contribution in [0.1, 0.15) is 47.8 Å². The highest BCUT2D eigenvalue weighted by Crippen LogP contribution is 2.36. The quantitative estimate of drug-likeness (QED) is 0.386. The Balaban J connectivity index is 1.54. The molecule has 0 radical (unpaired) electrons. The van der Waals surface area contributed by atoms with Crippen molar-refractivity contribution >= 4 is 23.4 Å². The molecule has 1 atom stereocenters. The second kappa shape index (κ2) is 11.8. The molecule has 1 fully saturated rings. The van der Waals surface area contributed by atoms with E-state index in [1.165, 1.54) is 0 Å². The number of rotatable bonds is 9. The first kappa shape index (κ1) is 26.7. The van der Waals surface area contributed by atoms with Gasteiger partial charge in [-0.15, -0.1) is 0 Å². The average Bonchev–Trinajstić information content (AvgIpc) is 3.28. The van der Waals surface area contributed by atoms with Gasteiger partial charge in [-0.2, -0.15) is 5.10 Å². The fourth-order valence-corrected chi connectivity index (χ4v) is 5.13. The van der Waals surface area contributed by atoms with Crippen molar-refractivity contribution in [2.75, 3.05) is 26.7 Å². The number of aryl methyl sites for hydroxylation is 2. The van der Waals surface area contributed by atoms with Crippen LogP contribution in [0.3, 0.4) is 0 Å². The molecule has 1 aliphatic rings. The van der Waals surface area contributed by atoms with Crippen molar-refractivity contribution in [1.29, 1.82) is 0 Å². The lowest BCUT2D eigenvalue weighted by Gasteiger charge is -2.42. The van der Waals surface area contributed by atoms with Gasteiger partial charge in [-0.25, -0.2) is 0 Å². The summed E-state index contributed by atoms with van der Waals surface area (Å²) in [6, 6.07) is 17.2. The van der Waals surface area contributed by atoms with Crippen molar-refractivity contribution in [2.24, 2.45) is 5.41 Å². The van der Waals surface area contributed by atoms with E-state index in [0.717, 1.165) is 24.1 Å². The molecule has 8 heteroatoms. The van der Waals surface area contributed by atoms with E-state index < -0.39 is 5.41 Å². The second-order valence-electron chi connectivity index (χ2n) is 9.97. The summed E-state index contributed by atoms with van der Waals surface area (Å²) in [6.45, 7) is 6.49. The highest BCUT2D eigenvalue weighted by atomic mass is 35.5. The summed E-state index contributed by atoms with van der Waals surface area (Å²) in [5.41, 5.74) is 1.89. The summed E-state index contributed by atoms with van der Waals surface area (Å²) >= 11 is 6.16. The van der Waals surface area contributed by atoms with Gasteiger partial charge in [0.2, 0.25) is 5.91 Å². The lowest BCUT2D eigenvalue weighted by molar-refractivity contribution is -0.134. The maximum absolute atomic E-state index is 13.5. The highest BCUT2D eigenvalue weighted by molar-refractivity contribution is 6.30. The maximum Gasteiger partial charge on any atom is 0.257 e. The van der Waals surface area contributed by atoms with Crippen LogP contribution >= 0.6 is 11.6 Å². The molecule has 0 saturated carbocycles. The van der Waals surface area contributed by atoms with Gasteiger partial charge in [0.05, 0.1) is 17.9 Å². The average molecular weight is 523 g/mol. The molecule has 1 unspecified atom stereocenters. The molecule has 1 saturated heterocycles. The van der Waals surface area contributed by atoms with E-state index in [1.54, 1.807) is 21.7 Å². The predicted octanol–water partition coefficient (Wildman–Crippen LogP) is 5.21. The number of carbonyl (C=O) groups excluding carboxylic acids is 2. The zero-order valence-corrected chi connectivity index (χ0v) is 22.6. The summed E-state index contributed by atoms with van der Waals surface area (Å²) in [5, 5.41) is 5.04. The van der Waals surface area contributed by atoms with Gasteiger partial charge >= 0.3 is 0 Å². The van der Waals surface area contributed by atoms with Crippen molar-refractivity contribution in [2.45, 2.75) is 46.2 Å². The van der Waals surface area contributed by atoms with Crippen molar-refractivity contribution in [3.63, 3.8) is 0 Å². The third-order valence-corrected chi connectivity index (χ3v) is 7.24. The lowest BCUT2D eigenvalue weighted by Crippen LogP contribution is -2.50. The summed E-state index contributed by atoms with van der Waals surface area (Å²) in [4.78, 5) is 30.6. The number of hydrogen-bond donors (Lipinski definition) is 0. The van der Waals surface area contributed by atoms with Crippen LogP contribution in [0.15, 0.2) is 60.8 Å². The Morgan fingerprint density at radius 3 is 2.65 bits per heavy atom. The molecule has 0 bridgehead atoms. The van der Waals surface area contributed by atoms with Crippen molar-refractivity contribution < 1.29 is 14.3 Å². The van der Waals surface area contributed by atoms with Crippen molar-refractivity contribution in [1.82, 2.24) is 19.6 Å². The number of benzene rings is 2. The molecule has 0 aliphatic carbocycles. The summed E-state index contributed by atoms with van der Waals surface area (Å²) in [7, 11) is 1.83. The van der Waals surface area contributed by atoms with Crippen LogP contribution in [0.4, 0.5) is 0 Å². The van der Waals surface area contributed by atoms with Crippen LogP contribution in [-0.2, 0) is 17.9 Å². The number of carbonyl (C=O) groups is 2. The van der Waals surface area contributed by atoms with Gasteiger partial charge < -0.3 is 14.5 Å². The zero-order chi connectivity index (χ0) is 26.4. The third-order valence-electron chi connectivity index (χ3n) is 7.01. The highest BCUT2D eigenvalue weighted by Gasteiger charge is 2.41. The van der Waals surface area contributed by atoms with Crippen LogP contribution in [-0.4, -0.2) is 58.1 Å². The minimum Gasteiger partial charge on any atom is -0.493 e. The molecular formula is C29H35ClN4O3. The number of halogens is 1. The van der Waals surface area contributed by atoms with Crippen LogP contribution in [0.2, 0.25) is 5.02 Å². The van der Waals surface area contributed by atoms with Gasteiger partial charge in [0.15, 0.2) is 0 Å². The number of piperidine rings is 1. The van der Waals surface area contributed by atoms with E-state index in [4.69, 9.17) is 16.3 Å². The van der Waals surface area contributed by atoms with Crippen LogP contribution < -0.4 is 4.74 Å². The Labute approximate surface area is 224 Å².